The summed E-state index contributed by atoms with van der Waals surface area (Å²) in [6.07, 6.45) is 4.37. The molecule has 1 aliphatic rings. The summed E-state index contributed by atoms with van der Waals surface area (Å²) in [7, 11) is 0. The van der Waals surface area contributed by atoms with Gasteiger partial charge in [-0.25, -0.2) is 0 Å². The first kappa shape index (κ1) is 9.67. The molecule has 4 rings (SSSR count). The number of benzene rings is 3. The molecule has 3 aromatic carbocycles. The van der Waals surface area contributed by atoms with Gasteiger partial charge in [0.1, 0.15) is 0 Å². The van der Waals surface area contributed by atoms with Crippen LogP contribution >= 0.6 is 0 Å². The predicted molar refractivity (Wildman–Crippen MR) is 78.3 cm³/mol. The zero-order valence-electron chi connectivity index (χ0n) is 9.93. The lowest BCUT2D eigenvalue weighted by atomic mass is 9.87. The fourth-order valence-electron chi connectivity index (χ4n) is 2.69. The van der Waals surface area contributed by atoms with Gasteiger partial charge in [-0.15, -0.1) is 0 Å². The molecule has 84 valence electrons. The van der Waals surface area contributed by atoms with Gasteiger partial charge < -0.3 is 0 Å². The molecule has 1 aliphatic carbocycles. The van der Waals surface area contributed by atoms with Crippen LogP contribution in [0, 0.1) is 0 Å². The maximum absolute atomic E-state index is 2.21. The fraction of sp³-hybridized carbons (Fsp3) is 0. The Morgan fingerprint density at radius 1 is 0.556 bits per heavy atom. The molecule has 0 fully saturated rings. The van der Waals surface area contributed by atoms with Crippen molar-refractivity contribution in [2.75, 3.05) is 0 Å². The minimum Gasteiger partial charge on any atom is -0.0616 e. The number of fused-ring (bicyclic) bond motifs is 2. The number of rotatable bonds is 1. The van der Waals surface area contributed by atoms with Crippen LogP contribution in [0.4, 0.5) is 0 Å². The molecule has 0 amide bonds. The van der Waals surface area contributed by atoms with E-state index in [0.29, 0.717) is 0 Å². The summed E-state index contributed by atoms with van der Waals surface area (Å²) in [6, 6.07) is 21.6. The summed E-state index contributed by atoms with van der Waals surface area (Å²) in [6.45, 7) is 0. The highest BCUT2D eigenvalue weighted by molar-refractivity contribution is 6.02. The van der Waals surface area contributed by atoms with E-state index in [1.54, 1.807) is 0 Å². The van der Waals surface area contributed by atoms with Crippen molar-refractivity contribution in [2.45, 2.75) is 0 Å². The van der Waals surface area contributed by atoms with E-state index in [2.05, 4.69) is 72.8 Å². The summed E-state index contributed by atoms with van der Waals surface area (Å²) < 4.78 is 0. The van der Waals surface area contributed by atoms with Crippen LogP contribution in [0.5, 0.6) is 0 Å². The van der Waals surface area contributed by atoms with Crippen LogP contribution in [0.25, 0.3) is 34.1 Å². The summed E-state index contributed by atoms with van der Waals surface area (Å²) in [5.41, 5.74) is 5.38. The third-order valence-corrected chi connectivity index (χ3v) is 3.65. The van der Waals surface area contributed by atoms with Crippen LogP contribution in [0.1, 0.15) is 11.1 Å². The van der Waals surface area contributed by atoms with Crippen LogP contribution in [-0.2, 0) is 0 Å². The Hall–Kier alpha value is -2.34. The molecular formula is C18H12. The Morgan fingerprint density at radius 2 is 1.33 bits per heavy atom. The molecule has 0 bridgehead atoms. The lowest BCUT2D eigenvalue weighted by Crippen LogP contribution is -1.93. The van der Waals surface area contributed by atoms with Crippen molar-refractivity contribution in [3.8, 4) is 11.1 Å². The second-order valence-electron chi connectivity index (χ2n) is 4.67. The first-order valence-electron chi connectivity index (χ1n) is 6.23. The van der Waals surface area contributed by atoms with E-state index in [1.165, 1.54) is 33.0 Å². The first-order valence-corrected chi connectivity index (χ1v) is 6.23. The molecule has 3 aromatic rings. The normalized spacial score (nSPS) is 12.2. The highest BCUT2D eigenvalue weighted by Crippen LogP contribution is 2.37. The molecule has 0 aliphatic heterocycles. The van der Waals surface area contributed by atoms with Gasteiger partial charge in [0.15, 0.2) is 0 Å². The van der Waals surface area contributed by atoms with E-state index in [1.807, 2.05) is 0 Å². The SMILES string of the molecule is C1=Cc2c1cccc2-c1cccc2ccccc12. The Balaban J connectivity index is 2.07. The van der Waals surface area contributed by atoms with Gasteiger partial charge in [0.2, 0.25) is 0 Å². The molecule has 0 N–H and O–H groups in total. The molecule has 0 saturated carbocycles. The average molecular weight is 228 g/mol. The minimum atomic E-state index is 1.30. The number of hydrogen-bond donors (Lipinski definition) is 0. The molecule has 0 saturated heterocycles. The Morgan fingerprint density at radius 3 is 2.22 bits per heavy atom. The molecule has 0 radical (unpaired) electrons. The molecule has 0 spiro atoms. The quantitative estimate of drug-likeness (QED) is 0.430. The van der Waals surface area contributed by atoms with Crippen molar-refractivity contribution in [2.24, 2.45) is 0 Å². The van der Waals surface area contributed by atoms with Crippen LogP contribution < -0.4 is 0 Å². The van der Waals surface area contributed by atoms with Gasteiger partial charge in [-0.3, -0.25) is 0 Å². The molecular weight excluding hydrogens is 216 g/mol. The maximum Gasteiger partial charge on any atom is -0.00992 e. The summed E-state index contributed by atoms with van der Waals surface area (Å²) >= 11 is 0. The average Bonchev–Trinajstić information content (AvgIpc) is 2.39. The molecule has 0 heteroatoms. The van der Waals surface area contributed by atoms with Gasteiger partial charge in [0, 0.05) is 0 Å². The van der Waals surface area contributed by atoms with Crippen molar-refractivity contribution in [3.05, 3.63) is 71.8 Å². The van der Waals surface area contributed by atoms with Gasteiger partial charge in [0.25, 0.3) is 0 Å². The van der Waals surface area contributed by atoms with Crippen LogP contribution in [0.3, 0.4) is 0 Å². The highest BCUT2D eigenvalue weighted by Gasteiger charge is 2.12. The van der Waals surface area contributed by atoms with Crippen molar-refractivity contribution in [3.63, 3.8) is 0 Å². The monoisotopic (exact) mass is 228 g/mol. The smallest absolute Gasteiger partial charge is 0.00992 e. The van der Waals surface area contributed by atoms with E-state index in [-0.39, 0.29) is 0 Å². The zero-order valence-corrected chi connectivity index (χ0v) is 9.93. The van der Waals surface area contributed by atoms with E-state index >= 15 is 0 Å². The standard InChI is InChI=1S/C18H12/c1-2-8-15-13(5-1)6-3-9-17(15)18-10-4-7-14-11-12-16(14)18/h1-12H. The number of hydrogen-bond acceptors (Lipinski definition) is 0. The first-order chi connectivity index (χ1) is 8.93. The summed E-state index contributed by atoms with van der Waals surface area (Å²) in [4.78, 5) is 0. The molecule has 0 nitrogen and oxygen atoms in total. The Kier molecular flexibility index (Phi) is 1.92. The largest absolute Gasteiger partial charge is 0.0616 e. The molecule has 18 heavy (non-hydrogen) atoms. The topological polar surface area (TPSA) is 0 Å². The van der Waals surface area contributed by atoms with Crippen molar-refractivity contribution in [1.29, 1.82) is 0 Å². The third kappa shape index (κ3) is 1.26. The zero-order chi connectivity index (χ0) is 11.9. The van der Waals surface area contributed by atoms with Crippen LogP contribution in [-0.4, -0.2) is 0 Å². The summed E-state index contributed by atoms with van der Waals surface area (Å²) in [5, 5.41) is 2.63. The van der Waals surface area contributed by atoms with E-state index in [4.69, 9.17) is 0 Å². The maximum atomic E-state index is 2.21. The lowest BCUT2D eigenvalue weighted by molar-refractivity contribution is 1.56. The Labute approximate surface area is 106 Å². The molecule has 0 unspecified atom stereocenters. The third-order valence-electron chi connectivity index (χ3n) is 3.65. The van der Waals surface area contributed by atoms with Gasteiger partial charge >= 0.3 is 0 Å². The van der Waals surface area contributed by atoms with Crippen LogP contribution in [0.15, 0.2) is 60.7 Å². The van der Waals surface area contributed by atoms with E-state index in [9.17, 15) is 0 Å². The van der Waals surface area contributed by atoms with Gasteiger partial charge in [0.05, 0.1) is 0 Å². The van der Waals surface area contributed by atoms with Gasteiger partial charge in [-0.1, -0.05) is 72.8 Å². The lowest BCUT2D eigenvalue weighted by Gasteiger charge is -2.17. The van der Waals surface area contributed by atoms with Gasteiger partial charge in [-0.05, 0) is 33.0 Å². The minimum absolute atomic E-state index is 1.30. The van der Waals surface area contributed by atoms with Crippen molar-refractivity contribution >= 4 is 22.9 Å². The van der Waals surface area contributed by atoms with Gasteiger partial charge in [-0.2, -0.15) is 0 Å². The van der Waals surface area contributed by atoms with E-state index in [0.717, 1.165) is 0 Å². The predicted octanol–water partition coefficient (Wildman–Crippen LogP) is 4.99. The van der Waals surface area contributed by atoms with Crippen molar-refractivity contribution in [1.82, 2.24) is 0 Å². The molecule has 0 aromatic heterocycles. The molecule has 0 heterocycles. The Bertz CT molecular complexity index is 774. The van der Waals surface area contributed by atoms with E-state index < -0.39 is 0 Å². The second-order valence-corrected chi connectivity index (χ2v) is 4.67. The highest BCUT2D eigenvalue weighted by atomic mass is 14.2. The van der Waals surface area contributed by atoms with Crippen molar-refractivity contribution < 1.29 is 0 Å². The fourth-order valence-corrected chi connectivity index (χ4v) is 2.69. The van der Waals surface area contributed by atoms with Crippen LogP contribution in [0.2, 0.25) is 0 Å². The second kappa shape index (κ2) is 3.58. The summed E-state index contributed by atoms with van der Waals surface area (Å²) in [5.74, 6) is 0. The molecule has 0 atom stereocenters.